The number of hydrogen-bond donors (Lipinski definition) is 1. The number of nitrogens with zero attached hydrogens (tertiary/aromatic N) is 2. The molecule has 0 amide bonds. The molecule has 0 bridgehead atoms. The Morgan fingerprint density at radius 1 is 1.62 bits per heavy atom. The fourth-order valence-electron chi connectivity index (χ4n) is 1.54. The van der Waals surface area contributed by atoms with E-state index < -0.39 is 0 Å². The zero-order valence-corrected chi connectivity index (χ0v) is 9.01. The van der Waals surface area contributed by atoms with Crippen LogP contribution in [0.1, 0.15) is 12.6 Å². The smallest absolute Gasteiger partial charge is 0.311 e. The Morgan fingerprint density at radius 2 is 2.44 bits per heavy atom. The molecule has 0 aliphatic heterocycles. The lowest BCUT2D eigenvalue weighted by Crippen LogP contribution is -2.09. The van der Waals surface area contributed by atoms with E-state index in [2.05, 4.69) is 4.98 Å². The summed E-state index contributed by atoms with van der Waals surface area (Å²) in [5.41, 5.74) is 7.83. The van der Waals surface area contributed by atoms with Gasteiger partial charge < -0.3 is 14.9 Å². The van der Waals surface area contributed by atoms with Crippen molar-refractivity contribution in [2.24, 2.45) is 0 Å². The molecule has 2 aromatic rings. The fourth-order valence-corrected chi connectivity index (χ4v) is 1.54. The molecular formula is C11H13N3O2. The molecule has 2 heterocycles. The Balaban J connectivity index is 2.28. The number of hydrogen-bond acceptors (Lipinski definition) is 4. The van der Waals surface area contributed by atoms with Gasteiger partial charge in [0.05, 0.1) is 18.7 Å². The lowest BCUT2D eigenvalue weighted by atomic mass is 10.3. The third kappa shape index (κ3) is 1.98. The highest BCUT2D eigenvalue weighted by Crippen LogP contribution is 2.11. The van der Waals surface area contributed by atoms with Crippen LogP contribution in [0.4, 0.5) is 5.69 Å². The molecule has 84 valence electrons. The zero-order valence-electron chi connectivity index (χ0n) is 9.01. The van der Waals surface area contributed by atoms with Crippen LogP contribution >= 0.6 is 0 Å². The predicted molar refractivity (Wildman–Crippen MR) is 59.9 cm³/mol. The lowest BCUT2D eigenvalue weighted by molar-refractivity contribution is -0.142. The van der Waals surface area contributed by atoms with Gasteiger partial charge in [-0.05, 0) is 13.0 Å². The molecule has 0 aliphatic carbocycles. The molecule has 2 rings (SSSR count). The minimum Gasteiger partial charge on any atom is -0.466 e. The number of imidazole rings is 1. The van der Waals surface area contributed by atoms with E-state index in [1.807, 2.05) is 4.40 Å². The average Bonchev–Trinajstić information content (AvgIpc) is 2.61. The Bertz CT molecular complexity index is 519. The summed E-state index contributed by atoms with van der Waals surface area (Å²) in [5.74, 6) is -0.249. The SMILES string of the molecule is CCOC(=O)Cc1cnc2cc(N)ccn12. The Kier molecular flexibility index (Phi) is 2.76. The second-order valence-electron chi connectivity index (χ2n) is 3.42. The number of aromatic nitrogens is 2. The van der Waals surface area contributed by atoms with Gasteiger partial charge in [-0.1, -0.05) is 0 Å². The fraction of sp³-hybridized carbons (Fsp3) is 0.273. The molecule has 0 radical (unpaired) electrons. The van der Waals surface area contributed by atoms with E-state index in [0.717, 1.165) is 11.3 Å². The van der Waals surface area contributed by atoms with E-state index in [1.54, 1.807) is 31.5 Å². The number of esters is 1. The minimum atomic E-state index is -0.249. The molecule has 5 nitrogen and oxygen atoms in total. The van der Waals surface area contributed by atoms with E-state index in [9.17, 15) is 4.79 Å². The molecule has 2 aromatic heterocycles. The van der Waals surface area contributed by atoms with Crippen LogP contribution in [0.15, 0.2) is 24.5 Å². The normalized spacial score (nSPS) is 10.6. The summed E-state index contributed by atoms with van der Waals surface area (Å²) in [6, 6.07) is 3.53. The van der Waals surface area contributed by atoms with E-state index in [4.69, 9.17) is 10.5 Å². The van der Waals surface area contributed by atoms with Gasteiger partial charge >= 0.3 is 5.97 Å². The van der Waals surface area contributed by atoms with Gasteiger partial charge in [0.1, 0.15) is 5.65 Å². The van der Waals surface area contributed by atoms with Crippen molar-refractivity contribution in [2.75, 3.05) is 12.3 Å². The van der Waals surface area contributed by atoms with Gasteiger partial charge in [0.15, 0.2) is 0 Å². The largest absolute Gasteiger partial charge is 0.466 e. The second kappa shape index (κ2) is 4.22. The summed E-state index contributed by atoms with van der Waals surface area (Å²) in [7, 11) is 0. The van der Waals surface area contributed by atoms with Gasteiger partial charge in [-0.3, -0.25) is 4.79 Å². The lowest BCUT2D eigenvalue weighted by Gasteiger charge is -2.02. The van der Waals surface area contributed by atoms with E-state index in [-0.39, 0.29) is 12.4 Å². The molecular weight excluding hydrogens is 206 g/mol. The van der Waals surface area contributed by atoms with Crippen LogP contribution in [0, 0.1) is 0 Å². The van der Waals surface area contributed by atoms with Gasteiger partial charge in [0.2, 0.25) is 0 Å². The van der Waals surface area contributed by atoms with Crippen LogP contribution in [0.3, 0.4) is 0 Å². The highest BCUT2D eigenvalue weighted by atomic mass is 16.5. The van der Waals surface area contributed by atoms with E-state index in [1.165, 1.54) is 0 Å². The van der Waals surface area contributed by atoms with E-state index in [0.29, 0.717) is 12.3 Å². The van der Waals surface area contributed by atoms with Gasteiger partial charge in [0.25, 0.3) is 0 Å². The first kappa shape index (κ1) is 10.5. The molecule has 0 atom stereocenters. The van der Waals surface area contributed by atoms with Gasteiger partial charge in [0, 0.05) is 24.1 Å². The van der Waals surface area contributed by atoms with Gasteiger partial charge in [-0.15, -0.1) is 0 Å². The first-order valence-corrected chi connectivity index (χ1v) is 5.08. The third-order valence-corrected chi connectivity index (χ3v) is 2.24. The molecule has 0 unspecified atom stereocenters. The molecule has 0 saturated heterocycles. The van der Waals surface area contributed by atoms with Gasteiger partial charge in [-0.2, -0.15) is 0 Å². The van der Waals surface area contributed by atoms with Crippen molar-refractivity contribution < 1.29 is 9.53 Å². The van der Waals surface area contributed by atoms with Crippen LogP contribution in [0.25, 0.3) is 5.65 Å². The number of carbonyl (C=O) groups excluding carboxylic acids is 1. The minimum absolute atomic E-state index is 0.221. The van der Waals surface area contributed by atoms with E-state index >= 15 is 0 Å². The Morgan fingerprint density at radius 3 is 3.19 bits per heavy atom. The summed E-state index contributed by atoms with van der Waals surface area (Å²) in [6.07, 6.45) is 3.68. The van der Waals surface area contributed by atoms with Crippen molar-refractivity contribution in [1.29, 1.82) is 0 Å². The van der Waals surface area contributed by atoms with Crippen LogP contribution in [0.2, 0.25) is 0 Å². The average molecular weight is 219 g/mol. The van der Waals surface area contributed by atoms with Crippen molar-refractivity contribution in [1.82, 2.24) is 9.38 Å². The molecule has 16 heavy (non-hydrogen) atoms. The number of rotatable bonds is 3. The maximum Gasteiger partial charge on any atom is 0.311 e. The van der Waals surface area contributed by atoms with Crippen molar-refractivity contribution in [3.8, 4) is 0 Å². The Labute approximate surface area is 92.8 Å². The molecule has 0 saturated carbocycles. The molecule has 0 spiro atoms. The quantitative estimate of drug-likeness (QED) is 0.782. The monoisotopic (exact) mass is 219 g/mol. The van der Waals surface area contributed by atoms with Crippen LogP contribution in [0.5, 0.6) is 0 Å². The van der Waals surface area contributed by atoms with Crippen molar-refractivity contribution >= 4 is 17.3 Å². The van der Waals surface area contributed by atoms with Crippen molar-refractivity contribution in [3.05, 3.63) is 30.2 Å². The number of anilines is 1. The highest BCUT2D eigenvalue weighted by molar-refractivity contribution is 5.72. The molecule has 0 fully saturated rings. The topological polar surface area (TPSA) is 69.6 Å². The summed E-state index contributed by atoms with van der Waals surface area (Å²) < 4.78 is 6.71. The number of nitrogens with two attached hydrogens (primary N) is 1. The molecule has 2 N–H and O–H groups in total. The maximum absolute atomic E-state index is 11.3. The first-order valence-electron chi connectivity index (χ1n) is 5.08. The predicted octanol–water partition coefficient (Wildman–Crippen LogP) is 1.02. The Hall–Kier alpha value is -2.04. The second-order valence-corrected chi connectivity index (χ2v) is 3.42. The number of fused-ring (bicyclic) bond motifs is 1. The molecule has 0 aliphatic rings. The highest BCUT2D eigenvalue weighted by Gasteiger charge is 2.09. The number of pyridine rings is 1. The van der Waals surface area contributed by atoms with Gasteiger partial charge in [-0.25, -0.2) is 4.98 Å². The standard InChI is InChI=1S/C11H13N3O2/c1-2-16-11(15)6-9-7-13-10-5-8(12)3-4-14(9)10/h3-5,7H,2,6,12H2,1H3. The summed E-state index contributed by atoms with van der Waals surface area (Å²) in [6.45, 7) is 2.18. The number of carbonyl (C=O) groups is 1. The first-order chi connectivity index (χ1) is 7.70. The molecule has 0 aromatic carbocycles. The molecule has 5 heteroatoms. The van der Waals surface area contributed by atoms with Crippen LogP contribution in [-0.4, -0.2) is 22.0 Å². The van der Waals surface area contributed by atoms with Crippen molar-refractivity contribution in [3.63, 3.8) is 0 Å². The number of ether oxygens (including phenoxy) is 1. The van der Waals surface area contributed by atoms with Crippen LogP contribution in [-0.2, 0) is 16.0 Å². The summed E-state index contributed by atoms with van der Waals surface area (Å²) >= 11 is 0. The van der Waals surface area contributed by atoms with Crippen LogP contribution < -0.4 is 5.73 Å². The third-order valence-electron chi connectivity index (χ3n) is 2.24. The van der Waals surface area contributed by atoms with Crippen molar-refractivity contribution in [2.45, 2.75) is 13.3 Å². The summed E-state index contributed by atoms with van der Waals surface area (Å²) in [5, 5.41) is 0. The number of nitrogen functional groups attached to an aromatic ring is 1. The maximum atomic E-state index is 11.3. The zero-order chi connectivity index (χ0) is 11.5. The summed E-state index contributed by atoms with van der Waals surface area (Å²) in [4.78, 5) is 15.5.